The number of carbonyl (C=O) groups excluding carboxylic acids is 1. The van der Waals surface area contributed by atoms with E-state index in [-0.39, 0.29) is 17.8 Å². The van der Waals surface area contributed by atoms with Crippen LogP contribution in [-0.4, -0.2) is 48.4 Å². The molecule has 0 atom stereocenters. The number of nitrogens with zero attached hydrogens (tertiary/aromatic N) is 2. The third-order valence-corrected chi connectivity index (χ3v) is 4.58. The average molecular weight is 345 g/mol. The molecule has 0 bridgehead atoms. The quantitative estimate of drug-likeness (QED) is 0.874. The van der Waals surface area contributed by atoms with Crippen molar-refractivity contribution in [3.8, 4) is 0 Å². The maximum atomic E-state index is 13.7. The maximum absolute atomic E-state index is 13.7. The molecule has 2 heterocycles. The minimum Gasteiger partial charge on any atom is -0.467 e. The Labute approximate surface area is 147 Å². The summed E-state index contributed by atoms with van der Waals surface area (Å²) in [7, 11) is 1.79. The summed E-state index contributed by atoms with van der Waals surface area (Å²) < 4.78 is 19.0. The molecular weight excluding hydrogens is 321 g/mol. The zero-order valence-corrected chi connectivity index (χ0v) is 14.5. The van der Waals surface area contributed by atoms with Gasteiger partial charge in [0, 0.05) is 26.2 Å². The number of hydrogen-bond donors (Lipinski definition) is 1. The van der Waals surface area contributed by atoms with E-state index in [1.54, 1.807) is 30.3 Å². The molecule has 134 valence electrons. The van der Waals surface area contributed by atoms with E-state index < -0.39 is 0 Å². The summed E-state index contributed by atoms with van der Waals surface area (Å²) in [5, 5.41) is 3.27. The third-order valence-electron chi connectivity index (χ3n) is 4.58. The molecular formula is C19H24FN3O2. The first-order valence-electron chi connectivity index (χ1n) is 8.61. The Kier molecular flexibility index (Phi) is 5.71. The number of piperidine rings is 1. The van der Waals surface area contributed by atoms with Crippen LogP contribution in [0.15, 0.2) is 47.1 Å². The summed E-state index contributed by atoms with van der Waals surface area (Å²) in [5.74, 6) is 0.639. The van der Waals surface area contributed by atoms with Crippen LogP contribution in [0.25, 0.3) is 0 Å². The van der Waals surface area contributed by atoms with Crippen molar-refractivity contribution in [1.29, 1.82) is 0 Å². The molecule has 1 aromatic heterocycles. The van der Waals surface area contributed by atoms with Gasteiger partial charge in [-0.3, -0.25) is 9.69 Å². The van der Waals surface area contributed by atoms with Crippen molar-refractivity contribution < 1.29 is 13.6 Å². The summed E-state index contributed by atoms with van der Waals surface area (Å²) in [6.45, 7) is 2.54. The van der Waals surface area contributed by atoms with Crippen molar-refractivity contribution in [2.75, 3.05) is 32.0 Å². The fourth-order valence-corrected chi connectivity index (χ4v) is 3.07. The van der Waals surface area contributed by atoms with Crippen LogP contribution in [0.2, 0.25) is 0 Å². The number of amides is 1. The average Bonchev–Trinajstić information content (AvgIpc) is 3.11. The monoisotopic (exact) mass is 345 g/mol. The Morgan fingerprint density at radius 3 is 2.72 bits per heavy atom. The largest absolute Gasteiger partial charge is 0.467 e. The van der Waals surface area contributed by atoms with E-state index in [1.165, 1.54) is 6.07 Å². The number of anilines is 1. The fourth-order valence-electron chi connectivity index (χ4n) is 3.07. The first kappa shape index (κ1) is 17.5. The van der Waals surface area contributed by atoms with Crippen LogP contribution < -0.4 is 5.32 Å². The van der Waals surface area contributed by atoms with Crippen molar-refractivity contribution in [3.05, 3.63) is 54.2 Å². The molecule has 1 aliphatic heterocycles. The third kappa shape index (κ3) is 4.82. The van der Waals surface area contributed by atoms with Crippen LogP contribution in [0.4, 0.5) is 10.1 Å². The molecule has 5 nitrogen and oxygen atoms in total. The van der Waals surface area contributed by atoms with E-state index in [4.69, 9.17) is 4.42 Å². The molecule has 0 unspecified atom stereocenters. The van der Waals surface area contributed by atoms with Crippen LogP contribution >= 0.6 is 0 Å². The fraction of sp³-hybridized carbons (Fsp3) is 0.421. The highest BCUT2D eigenvalue weighted by Gasteiger charge is 2.22. The van der Waals surface area contributed by atoms with Crippen molar-refractivity contribution in [2.24, 2.45) is 0 Å². The van der Waals surface area contributed by atoms with Gasteiger partial charge >= 0.3 is 0 Å². The second-order valence-corrected chi connectivity index (χ2v) is 6.50. The Morgan fingerprint density at radius 2 is 2.04 bits per heavy atom. The van der Waals surface area contributed by atoms with Gasteiger partial charge in [-0.25, -0.2) is 4.39 Å². The predicted octanol–water partition coefficient (Wildman–Crippen LogP) is 2.95. The Morgan fingerprint density at radius 1 is 1.28 bits per heavy atom. The first-order chi connectivity index (χ1) is 12.1. The lowest BCUT2D eigenvalue weighted by molar-refractivity contribution is -0.132. The van der Waals surface area contributed by atoms with Gasteiger partial charge in [0.05, 0.1) is 25.0 Å². The molecule has 1 aromatic carbocycles. The summed E-state index contributed by atoms with van der Waals surface area (Å²) in [6.07, 6.45) is 3.40. The number of para-hydroxylation sites is 1. The van der Waals surface area contributed by atoms with E-state index in [1.807, 2.05) is 18.2 Å². The normalized spacial score (nSPS) is 15.9. The van der Waals surface area contributed by atoms with E-state index >= 15 is 0 Å². The van der Waals surface area contributed by atoms with Crippen LogP contribution in [0.5, 0.6) is 0 Å². The predicted molar refractivity (Wildman–Crippen MR) is 94.7 cm³/mol. The van der Waals surface area contributed by atoms with Gasteiger partial charge in [0.15, 0.2) is 0 Å². The van der Waals surface area contributed by atoms with Crippen molar-refractivity contribution >= 4 is 11.6 Å². The van der Waals surface area contributed by atoms with Gasteiger partial charge in [-0.05, 0) is 37.1 Å². The maximum Gasteiger partial charge on any atom is 0.236 e. The van der Waals surface area contributed by atoms with E-state index in [2.05, 4.69) is 10.2 Å². The molecule has 0 aliphatic carbocycles. The zero-order chi connectivity index (χ0) is 17.6. The van der Waals surface area contributed by atoms with E-state index in [0.717, 1.165) is 31.7 Å². The topological polar surface area (TPSA) is 48.7 Å². The molecule has 1 fully saturated rings. The highest BCUT2D eigenvalue weighted by atomic mass is 19.1. The lowest BCUT2D eigenvalue weighted by Gasteiger charge is -2.33. The summed E-state index contributed by atoms with van der Waals surface area (Å²) in [4.78, 5) is 16.2. The molecule has 3 rings (SSSR count). The highest BCUT2D eigenvalue weighted by Crippen LogP contribution is 2.19. The number of rotatable bonds is 6. The number of carbonyl (C=O) groups is 1. The lowest BCUT2D eigenvalue weighted by Crippen LogP contribution is -2.44. The number of hydrogen-bond acceptors (Lipinski definition) is 4. The van der Waals surface area contributed by atoms with Crippen LogP contribution in [0.3, 0.4) is 0 Å². The smallest absolute Gasteiger partial charge is 0.236 e. The molecule has 0 saturated carbocycles. The zero-order valence-electron chi connectivity index (χ0n) is 14.5. The standard InChI is InChI=1S/C19H24FN3O2/c1-22(13-16-5-4-12-25-16)19(24)14-23-10-8-15(9-11-23)21-18-7-3-2-6-17(18)20/h2-7,12,15,21H,8-11,13-14H2,1H3. The second-order valence-electron chi connectivity index (χ2n) is 6.50. The summed E-state index contributed by atoms with van der Waals surface area (Å²) in [6, 6.07) is 10.7. The molecule has 1 N–H and O–H groups in total. The molecule has 6 heteroatoms. The Balaban J connectivity index is 1.43. The number of nitrogens with one attached hydrogen (secondary N) is 1. The number of likely N-dealkylation sites (N-methyl/N-ethyl adjacent to an activating group) is 1. The summed E-state index contributed by atoms with van der Waals surface area (Å²) >= 11 is 0. The van der Waals surface area contributed by atoms with Gasteiger partial charge in [-0.15, -0.1) is 0 Å². The van der Waals surface area contributed by atoms with Gasteiger partial charge in [0.25, 0.3) is 0 Å². The van der Waals surface area contributed by atoms with Gasteiger partial charge in [0.2, 0.25) is 5.91 Å². The van der Waals surface area contributed by atoms with Crippen LogP contribution in [0.1, 0.15) is 18.6 Å². The van der Waals surface area contributed by atoms with Gasteiger partial charge in [0.1, 0.15) is 11.6 Å². The van der Waals surface area contributed by atoms with Crippen molar-refractivity contribution in [3.63, 3.8) is 0 Å². The molecule has 2 aromatic rings. The van der Waals surface area contributed by atoms with Crippen LogP contribution in [0, 0.1) is 5.82 Å². The second kappa shape index (κ2) is 8.16. The van der Waals surface area contributed by atoms with E-state index in [0.29, 0.717) is 18.8 Å². The Hall–Kier alpha value is -2.34. The van der Waals surface area contributed by atoms with Crippen molar-refractivity contribution in [2.45, 2.75) is 25.4 Å². The van der Waals surface area contributed by atoms with E-state index in [9.17, 15) is 9.18 Å². The molecule has 1 amide bonds. The van der Waals surface area contributed by atoms with Crippen molar-refractivity contribution in [1.82, 2.24) is 9.80 Å². The number of benzene rings is 1. The summed E-state index contributed by atoms with van der Waals surface area (Å²) in [5.41, 5.74) is 0.551. The molecule has 0 radical (unpaired) electrons. The lowest BCUT2D eigenvalue weighted by atomic mass is 10.0. The molecule has 0 spiro atoms. The molecule has 1 saturated heterocycles. The molecule has 25 heavy (non-hydrogen) atoms. The van der Waals surface area contributed by atoms with Crippen LogP contribution in [-0.2, 0) is 11.3 Å². The van der Waals surface area contributed by atoms with Gasteiger partial charge in [-0.1, -0.05) is 12.1 Å². The number of likely N-dealkylation sites (tertiary alicyclic amines) is 1. The SMILES string of the molecule is CN(Cc1ccco1)C(=O)CN1CCC(Nc2ccccc2F)CC1. The van der Waals surface area contributed by atoms with Gasteiger partial charge < -0.3 is 14.6 Å². The first-order valence-corrected chi connectivity index (χ1v) is 8.61. The minimum absolute atomic E-state index is 0.0805. The minimum atomic E-state index is -0.223. The highest BCUT2D eigenvalue weighted by molar-refractivity contribution is 5.77. The number of halogens is 1. The molecule has 1 aliphatic rings. The Bertz CT molecular complexity index is 682. The van der Waals surface area contributed by atoms with Gasteiger partial charge in [-0.2, -0.15) is 0 Å². The number of furan rings is 1.